The fraction of sp³-hybridized carbons (Fsp3) is 0.214. The zero-order valence-electron chi connectivity index (χ0n) is 10.5. The molecule has 2 aromatic rings. The van der Waals surface area contributed by atoms with Crippen molar-refractivity contribution < 1.29 is 0 Å². The van der Waals surface area contributed by atoms with Crippen LogP contribution in [-0.2, 0) is 0 Å². The first kappa shape index (κ1) is 11.9. The van der Waals surface area contributed by atoms with Crippen LogP contribution in [0.25, 0.3) is 0 Å². The number of aromatic nitrogens is 3. The summed E-state index contributed by atoms with van der Waals surface area (Å²) in [6, 6.07) is 0. The van der Waals surface area contributed by atoms with Crippen molar-refractivity contribution in [3.05, 3.63) is 46.2 Å². The molecular formula is C14H12N4S. The van der Waals surface area contributed by atoms with Gasteiger partial charge >= 0.3 is 0 Å². The van der Waals surface area contributed by atoms with Crippen molar-refractivity contribution in [1.82, 2.24) is 15.0 Å². The predicted molar refractivity (Wildman–Crippen MR) is 76.2 cm³/mol. The minimum Gasteiger partial charge on any atom is -0.333 e. The molecule has 0 saturated heterocycles. The Labute approximate surface area is 115 Å². The standard InChI is InChI=1S/C14H12N4S/c1-11-17-13(10-19-11)5-4-12-8-15-14(16-9-12)18-6-2-3-7-18/h2-3,8-10H,6-7H2,1H3. The molecule has 1 aliphatic heterocycles. The first-order valence-electron chi connectivity index (χ1n) is 5.97. The second-order valence-electron chi connectivity index (χ2n) is 4.15. The Hall–Kier alpha value is -2.19. The number of hydrogen-bond acceptors (Lipinski definition) is 5. The van der Waals surface area contributed by atoms with E-state index in [1.807, 2.05) is 12.3 Å². The van der Waals surface area contributed by atoms with Crippen LogP contribution in [0.3, 0.4) is 0 Å². The van der Waals surface area contributed by atoms with Crippen LogP contribution >= 0.6 is 11.3 Å². The van der Waals surface area contributed by atoms with E-state index in [9.17, 15) is 0 Å². The molecule has 19 heavy (non-hydrogen) atoms. The Morgan fingerprint density at radius 3 is 2.53 bits per heavy atom. The molecule has 3 heterocycles. The third-order valence-electron chi connectivity index (χ3n) is 2.69. The number of aryl methyl sites for hydroxylation is 1. The maximum absolute atomic E-state index is 4.33. The molecule has 0 bridgehead atoms. The average Bonchev–Trinajstić information content (AvgIpc) is 3.08. The van der Waals surface area contributed by atoms with E-state index in [4.69, 9.17) is 0 Å². The van der Waals surface area contributed by atoms with Gasteiger partial charge in [-0.05, 0) is 12.8 Å². The third-order valence-corrected chi connectivity index (χ3v) is 3.47. The summed E-state index contributed by atoms with van der Waals surface area (Å²) in [5.74, 6) is 6.79. The number of rotatable bonds is 1. The average molecular weight is 268 g/mol. The van der Waals surface area contributed by atoms with Crippen LogP contribution in [0.5, 0.6) is 0 Å². The monoisotopic (exact) mass is 268 g/mol. The van der Waals surface area contributed by atoms with Crippen molar-refractivity contribution >= 4 is 17.3 Å². The van der Waals surface area contributed by atoms with E-state index in [1.54, 1.807) is 23.7 Å². The van der Waals surface area contributed by atoms with Gasteiger partial charge < -0.3 is 4.90 Å². The molecule has 0 atom stereocenters. The maximum Gasteiger partial charge on any atom is 0.225 e. The van der Waals surface area contributed by atoms with Gasteiger partial charge in [-0.25, -0.2) is 15.0 Å². The second-order valence-corrected chi connectivity index (χ2v) is 5.21. The van der Waals surface area contributed by atoms with E-state index >= 15 is 0 Å². The molecule has 0 unspecified atom stereocenters. The second kappa shape index (κ2) is 5.21. The van der Waals surface area contributed by atoms with Crippen LogP contribution in [0, 0.1) is 18.8 Å². The van der Waals surface area contributed by atoms with Crippen molar-refractivity contribution in [2.75, 3.05) is 18.0 Å². The summed E-state index contributed by atoms with van der Waals surface area (Å²) in [5, 5.41) is 2.98. The summed E-state index contributed by atoms with van der Waals surface area (Å²) in [6.07, 6.45) is 7.74. The predicted octanol–water partition coefficient (Wildman–Crippen LogP) is 2.02. The van der Waals surface area contributed by atoms with Gasteiger partial charge in [-0.15, -0.1) is 11.3 Å². The molecule has 0 radical (unpaired) electrons. The molecule has 4 nitrogen and oxygen atoms in total. The fourth-order valence-corrected chi connectivity index (χ4v) is 2.29. The number of thiazole rings is 1. The summed E-state index contributed by atoms with van der Waals surface area (Å²) in [4.78, 5) is 15.1. The Balaban J connectivity index is 1.74. The van der Waals surface area contributed by atoms with Crippen LogP contribution in [-0.4, -0.2) is 28.0 Å². The van der Waals surface area contributed by atoms with Crippen LogP contribution in [0.15, 0.2) is 29.9 Å². The van der Waals surface area contributed by atoms with Gasteiger partial charge in [0.1, 0.15) is 5.69 Å². The van der Waals surface area contributed by atoms with Crippen LogP contribution in [0.2, 0.25) is 0 Å². The number of hydrogen-bond donors (Lipinski definition) is 0. The van der Waals surface area contributed by atoms with Crippen molar-refractivity contribution in [3.63, 3.8) is 0 Å². The van der Waals surface area contributed by atoms with Gasteiger partial charge in [0.05, 0.1) is 10.6 Å². The van der Waals surface area contributed by atoms with E-state index in [2.05, 4.69) is 43.8 Å². The smallest absolute Gasteiger partial charge is 0.225 e. The first-order valence-corrected chi connectivity index (χ1v) is 6.85. The SMILES string of the molecule is Cc1nc(C#Cc2cnc(N3CC=CC3)nc2)cs1. The maximum atomic E-state index is 4.33. The molecular weight excluding hydrogens is 256 g/mol. The molecule has 5 heteroatoms. The summed E-state index contributed by atoms with van der Waals surface area (Å²) >= 11 is 1.60. The van der Waals surface area contributed by atoms with Gasteiger partial charge in [0, 0.05) is 30.9 Å². The van der Waals surface area contributed by atoms with Gasteiger partial charge in [-0.2, -0.15) is 0 Å². The summed E-state index contributed by atoms with van der Waals surface area (Å²) < 4.78 is 0. The quantitative estimate of drug-likeness (QED) is 0.586. The van der Waals surface area contributed by atoms with Crippen molar-refractivity contribution in [2.45, 2.75) is 6.92 Å². The molecule has 0 spiro atoms. The highest BCUT2D eigenvalue weighted by Gasteiger charge is 2.09. The Kier molecular flexibility index (Phi) is 3.25. The van der Waals surface area contributed by atoms with Gasteiger partial charge in [0.15, 0.2) is 0 Å². The van der Waals surface area contributed by atoms with E-state index in [0.29, 0.717) is 0 Å². The molecule has 94 valence electrons. The van der Waals surface area contributed by atoms with E-state index in [0.717, 1.165) is 35.3 Å². The Morgan fingerprint density at radius 2 is 1.89 bits per heavy atom. The lowest BCUT2D eigenvalue weighted by Gasteiger charge is -2.13. The lowest BCUT2D eigenvalue weighted by Crippen LogP contribution is -2.20. The molecule has 0 fully saturated rings. The molecule has 2 aromatic heterocycles. The zero-order chi connectivity index (χ0) is 13.1. The highest BCUT2D eigenvalue weighted by atomic mass is 32.1. The Morgan fingerprint density at radius 1 is 1.16 bits per heavy atom. The summed E-state index contributed by atoms with van der Waals surface area (Å²) in [5.41, 5.74) is 1.61. The molecule has 0 saturated carbocycles. The van der Waals surface area contributed by atoms with Gasteiger partial charge in [-0.1, -0.05) is 18.1 Å². The number of nitrogens with zero attached hydrogens (tertiary/aromatic N) is 4. The molecule has 0 N–H and O–H groups in total. The van der Waals surface area contributed by atoms with E-state index in [1.165, 1.54) is 0 Å². The number of anilines is 1. The molecule has 0 aliphatic carbocycles. The molecule has 3 rings (SSSR count). The molecule has 0 aromatic carbocycles. The topological polar surface area (TPSA) is 41.9 Å². The van der Waals surface area contributed by atoms with Crippen LogP contribution < -0.4 is 4.90 Å². The van der Waals surface area contributed by atoms with Crippen molar-refractivity contribution in [1.29, 1.82) is 0 Å². The highest BCUT2D eigenvalue weighted by Crippen LogP contribution is 2.10. The van der Waals surface area contributed by atoms with Crippen molar-refractivity contribution in [2.24, 2.45) is 0 Å². The van der Waals surface area contributed by atoms with E-state index in [-0.39, 0.29) is 0 Å². The van der Waals surface area contributed by atoms with Crippen LogP contribution in [0.4, 0.5) is 5.95 Å². The minimum atomic E-state index is 0.750. The molecule has 0 amide bonds. The third kappa shape index (κ3) is 2.80. The molecule has 1 aliphatic rings. The highest BCUT2D eigenvalue weighted by molar-refractivity contribution is 7.09. The van der Waals surface area contributed by atoms with Gasteiger partial charge in [0.25, 0.3) is 0 Å². The summed E-state index contributed by atoms with van der Waals surface area (Å²) in [6.45, 7) is 3.73. The van der Waals surface area contributed by atoms with Crippen molar-refractivity contribution in [3.8, 4) is 11.8 Å². The minimum absolute atomic E-state index is 0.750. The normalized spacial score (nSPS) is 13.4. The lowest BCUT2D eigenvalue weighted by molar-refractivity contribution is 0.922. The lowest BCUT2D eigenvalue weighted by atomic mass is 10.3. The van der Waals surface area contributed by atoms with E-state index < -0.39 is 0 Å². The first-order chi connectivity index (χ1) is 9.31. The van der Waals surface area contributed by atoms with Gasteiger partial charge in [-0.3, -0.25) is 0 Å². The Bertz CT molecular complexity index is 653. The van der Waals surface area contributed by atoms with Gasteiger partial charge in [0.2, 0.25) is 5.95 Å². The largest absolute Gasteiger partial charge is 0.333 e. The fourth-order valence-electron chi connectivity index (χ4n) is 1.75. The summed E-state index contributed by atoms with van der Waals surface area (Å²) in [7, 11) is 0. The zero-order valence-corrected chi connectivity index (χ0v) is 11.3. The van der Waals surface area contributed by atoms with Crippen LogP contribution in [0.1, 0.15) is 16.3 Å².